The van der Waals surface area contributed by atoms with Crippen LogP contribution in [0, 0.1) is 0 Å². The highest BCUT2D eigenvalue weighted by atomic mass is 15.3. The van der Waals surface area contributed by atoms with Gasteiger partial charge in [0.2, 0.25) is 0 Å². The first kappa shape index (κ1) is 16.0. The van der Waals surface area contributed by atoms with Crippen LogP contribution >= 0.6 is 0 Å². The van der Waals surface area contributed by atoms with E-state index in [1.807, 2.05) is 13.1 Å². The maximum atomic E-state index is 4.73. The molecule has 5 heteroatoms. The molecule has 1 aliphatic carbocycles. The van der Waals surface area contributed by atoms with Crippen LogP contribution in [0.2, 0.25) is 0 Å². The Kier molecular flexibility index (Phi) is 5.04. The number of rotatable bonds is 7. The Morgan fingerprint density at radius 2 is 1.95 bits per heavy atom. The highest BCUT2D eigenvalue weighted by molar-refractivity contribution is 5.49. The molecule has 118 valence electrons. The van der Waals surface area contributed by atoms with Gasteiger partial charge in [-0.15, -0.1) is 0 Å². The first-order chi connectivity index (χ1) is 10.0. The number of anilines is 2. The molecule has 0 amide bonds. The van der Waals surface area contributed by atoms with Crippen LogP contribution in [0.5, 0.6) is 0 Å². The van der Waals surface area contributed by atoms with Gasteiger partial charge in [0.25, 0.3) is 0 Å². The van der Waals surface area contributed by atoms with E-state index in [0.717, 1.165) is 36.8 Å². The van der Waals surface area contributed by atoms with Crippen molar-refractivity contribution in [1.29, 1.82) is 0 Å². The van der Waals surface area contributed by atoms with Gasteiger partial charge in [-0.3, -0.25) is 0 Å². The molecule has 1 fully saturated rings. The van der Waals surface area contributed by atoms with Gasteiger partial charge >= 0.3 is 0 Å². The molecular formula is C16H29N5. The number of hydrogen-bond acceptors (Lipinski definition) is 5. The summed E-state index contributed by atoms with van der Waals surface area (Å²) >= 11 is 0. The summed E-state index contributed by atoms with van der Waals surface area (Å²) in [6, 6.07) is 2.04. The normalized spacial score (nSPS) is 16.7. The summed E-state index contributed by atoms with van der Waals surface area (Å²) in [7, 11) is 8.43. The van der Waals surface area contributed by atoms with E-state index in [0.29, 0.717) is 5.54 Å². The third kappa shape index (κ3) is 3.46. The van der Waals surface area contributed by atoms with Crippen LogP contribution < -0.4 is 10.2 Å². The summed E-state index contributed by atoms with van der Waals surface area (Å²) in [4.78, 5) is 13.9. The molecule has 1 aromatic rings. The number of nitrogens with zero attached hydrogens (tertiary/aromatic N) is 4. The molecule has 21 heavy (non-hydrogen) atoms. The maximum Gasteiger partial charge on any atom is 0.134 e. The number of aryl methyl sites for hydroxylation is 1. The van der Waals surface area contributed by atoms with Crippen molar-refractivity contribution in [2.75, 3.05) is 45.0 Å². The Balaban J connectivity index is 2.17. The highest BCUT2D eigenvalue weighted by Crippen LogP contribution is 2.37. The molecular weight excluding hydrogens is 262 g/mol. The molecule has 0 spiro atoms. The average Bonchev–Trinajstić information content (AvgIpc) is 2.42. The fraction of sp³-hybridized carbons (Fsp3) is 0.750. The fourth-order valence-electron chi connectivity index (χ4n) is 3.00. The fourth-order valence-corrected chi connectivity index (χ4v) is 3.00. The zero-order chi connectivity index (χ0) is 15.5. The maximum absolute atomic E-state index is 4.73. The van der Waals surface area contributed by atoms with Gasteiger partial charge in [0.15, 0.2) is 0 Å². The lowest BCUT2D eigenvalue weighted by Crippen LogP contribution is -2.56. The summed E-state index contributed by atoms with van der Waals surface area (Å²) in [6.45, 7) is 3.18. The van der Waals surface area contributed by atoms with Gasteiger partial charge in [-0.1, -0.05) is 6.92 Å². The molecule has 0 aromatic carbocycles. The zero-order valence-corrected chi connectivity index (χ0v) is 14.1. The van der Waals surface area contributed by atoms with Crippen molar-refractivity contribution < 1.29 is 0 Å². The minimum absolute atomic E-state index is 0.310. The van der Waals surface area contributed by atoms with Gasteiger partial charge in [0.1, 0.15) is 17.5 Å². The Morgan fingerprint density at radius 3 is 2.43 bits per heavy atom. The minimum atomic E-state index is 0.310. The molecule has 0 radical (unpaired) electrons. The molecule has 1 saturated carbocycles. The SMILES string of the molecule is CCCc1nc(NC)cc(N(C)CC2(N(C)C)CCC2)n1. The topological polar surface area (TPSA) is 44.3 Å². The van der Waals surface area contributed by atoms with Gasteiger partial charge in [0, 0.05) is 38.7 Å². The van der Waals surface area contributed by atoms with E-state index in [9.17, 15) is 0 Å². The largest absolute Gasteiger partial charge is 0.373 e. The first-order valence-corrected chi connectivity index (χ1v) is 7.95. The number of nitrogens with one attached hydrogen (secondary N) is 1. The van der Waals surface area contributed by atoms with Crippen molar-refractivity contribution in [2.24, 2.45) is 0 Å². The predicted molar refractivity (Wildman–Crippen MR) is 89.1 cm³/mol. The van der Waals surface area contributed by atoms with E-state index in [1.165, 1.54) is 19.3 Å². The van der Waals surface area contributed by atoms with Crippen LogP contribution in [-0.2, 0) is 6.42 Å². The molecule has 0 saturated heterocycles. The second-order valence-corrected chi connectivity index (χ2v) is 6.36. The molecule has 2 rings (SSSR count). The molecule has 0 unspecified atom stereocenters. The van der Waals surface area contributed by atoms with Crippen molar-refractivity contribution in [3.63, 3.8) is 0 Å². The Labute approximate surface area is 128 Å². The van der Waals surface area contributed by atoms with E-state index in [2.05, 4.69) is 48.2 Å². The molecule has 1 heterocycles. The van der Waals surface area contributed by atoms with Crippen LogP contribution in [0.25, 0.3) is 0 Å². The zero-order valence-electron chi connectivity index (χ0n) is 14.1. The standard InChI is InChI=1S/C16H29N5/c1-6-8-13-18-14(17-2)11-15(19-13)21(5)12-16(20(3)4)9-7-10-16/h11H,6-10,12H2,1-5H3,(H,17,18,19). The lowest BCUT2D eigenvalue weighted by Gasteiger charge is -2.49. The van der Waals surface area contributed by atoms with Crippen molar-refractivity contribution in [3.8, 4) is 0 Å². The highest BCUT2D eigenvalue weighted by Gasteiger charge is 2.40. The van der Waals surface area contributed by atoms with E-state index in [-0.39, 0.29) is 0 Å². The van der Waals surface area contributed by atoms with Gasteiger partial charge in [-0.2, -0.15) is 0 Å². The summed E-state index contributed by atoms with van der Waals surface area (Å²) in [5.74, 6) is 2.85. The Morgan fingerprint density at radius 1 is 1.24 bits per heavy atom. The number of hydrogen-bond donors (Lipinski definition) is 1. The summed E-state index contributed by atoms with van der Waals surface area (Å²) in [5.41, 5.74) is 0.310. The van der Waals surface area contributed by atoms with Gasteiger partial charge < -0.3 is 15.1 Å². The van der Waals surface area contributed by atoms with E-state index in [4.69, 9.17) is 4.98 Å². The van der Waals surface area contributed by atoms with Crippen molar-refractivity contribution in [1.82, 2.24) is 14.9 Å². The number of likely N-dealkylation sites (N-methyl/N-ethyl adjacent to an activating group) is 2. The smallest absolute Gasteiger partial charge is 0.134 e. The summed E-state index contributed by atoms with van der Waals surface area (Å²) in [5, 5.41) is 3.15. The number of aromatic nitrogens is 2. The lowest BCUT2D eigenvalue weighted by atomic mass is 9.75. The van der Waals surface area contributed by atoms with E-state index < -0.39 is 0 Å². The quantitative estimate of drug-likeness (QED) is 0.835. The van der Waals surface area contributed by atoms with Gasteiger partial charge in [0.05, 0.1) is 0 Å². The van der Waals surface area contributed by atoms with Crippen LogP contribution in [0.15, 0.2) is 6.07 Å². The monoisotopic (exact) mass is 291 g/mol. The van der Waals surface area contributed by atoms with Crippen LogP contribution in [-0.4, -0.2) is 55.1 Å². The Bertz CT molecular complexity index is 468. The Hall–Kier alpha value is -1.36. The van der Waals surface area contributed by atoms with Crippen LogP contribution in [0.1, 0.15) is 38.4 Å². The molecule has 5 nitrogen and oxygen atoms in total. The third-order valence-corrected chi connectivity index (χ3v) is 4.64. The van der Waals surface area contributed by atoms with Crippen molar-refractivity contribution >= 4 is 11.6 Å². The lowest BCUT2D eigenvalue weighted by molar-refractivity contribution is 0.0681. The predicted octanol–water partition coefficient (Wildman–Crippen LogP) is 2.39. The summed E-state index contributed by atoms with van der Waals surface area (Å²) < 4.78 is 0. The third-order valence-electron chi connectivity index (χ3n) is 4.64. The second-order valence-electron chi connectivity index (χ2n) is 6.36. The minimum Gasteiger partial charge on any atom is -0.373 e. The molecule has 1 aliphatic rings. The molecule has 1 N–H and O–H groups in total. The second kappa shape index (κ2) is 6.60. The molecule has 0 atom stereocenters. The van der Waals surface area contributed by atoms with Crippen LogP contribution in [0.3, 0.4) is 0 Å². The van der Waals surface area contributed by atoms with Crippen LogP contribution in [0.4, 0.5) is 11.6 Å². The molecule has 0 bridgehead atoms. The van der Waals surface area contributed by atoms with Gasteiger partial charge in [-0.05, 0) is 39.8 Å². The molecule has 1 aromatic heterocycles. The summed E-state index contributed by atoms with van der Waals surface area (Å²) in [6.07, 6.45) is 5.87. The van der Waals surface area contributed by atoms with Crippen molar-refractivity contribution in [2.45, 2.75) is 44.6 Å². The van der Waals surface area contributed by atoms with Gasteiger partial charge in [-0.25, -0.2) is 9.97 Å². The van der Waals surface area contributed by atoms with E-state index >= 15 is 0 Å². The average molecular weight is 291 g/mol. The first-order valence-electron chi connectivity index (χ1n) is 7.95. The van der Waals surface area contributed by atoms with E-state index in [1.54, 1.807) is 0 Å². The molecule has 0 aliphatic heterocycles. The van der Waals surface area contributed by atoms with Crippen molar-refractivity contribution in [3.05, 3.63) is 11.9 Å².